The standard InChI is InChI=1S/C11H16N2O2/c14-8-9-4-1-2-7-13(9)11-10(15)5-3-6-12-11/h3,5-6,9,14-15H,1-2,4,7-8H2/t9-/m0/s1. The molecule has 1 saturated heterocycles. The summed E-state index contributed by atoms with van der Waals surface area (Å²) in [6, 6.07) is 3.43. The first-order valence-electron chi connectivity index (χ1n) is 5.34. The number of rotatable bonds is 2. The predicted octanol–water partition coefficient (Wildman–Crippen LogP) is 1.14. The van der Waals surface area contributed by atoms with Crippen LogP contribution < -0.4 is 4.90 Å². The van der Waals surface area contributed by atoms with E-state index in [9.17, 15) is 10.2 Å². The summed E-state index contributed by atoms with van der Waals surface area (Å²) < 4.78 is 0. The second kappa shape index (κ2) is 4.49. The molecule has 82 valence electrons. The summed E-state index contributed by atoms with van der Waals surface area (Å²) in [5, 5.41) is 19.0. The third kappa shape index (κ3) is 2.04. The molecule has 0 amide bonds. The molecule has 4 nitrogen and oxygen atoms in total. The Morgan fingerprint density at radius 3 is 3.07 bits per heavy atom. The zero-order valence-electron chi connectivity index (χ0n) is 8.63. The van der Waals surface area contributed by atoms with Crippen molar-refractivity contribution in [2.45, 2.75) is 25.3 Å². The third-order valence-electron chi connectivity index (χ3n) is 2.88. The molecule has 2 heterocycles. The Morgan fingerprint density at radius 2 is 2.33 bits per heavy atom. The molecule has 2 rings (SSSR count). The van der Waals surface area contributed by atoms with E-state index in [-0.39, 0.29) is 18.4 Å². The van der Waals surface area contributed by atoms with E-state index in [1.54, 1.807) is 18.3 Å². The highest BCUT2D eigenvalue weighted by atomic mass is 16.3. The fourth-order valence-electron chi connectivity index (χ4n) is 2.08. The summed E-state index contributed by atoms with van der Waals surface area (Å²) >= 11 is 0. The van der Waals surface area contributed by atoms with Crippen molar-refractivity contribution in [3.63, 3.8) is 0 Å². The molecule has 0 aromatic carbocycles. The molecule has 0 unspecified atom stereocenters. The smallest absolute Gasteiger partial charge is 0.171 e. The second-order valence-electron chi connectivity index (χ2n) is 3.87. The third-order valence-corrected chi connectivity index (χ3v) is 2.88. The summed E-state index contributed by atoms with van der Waals surface area (Å²) in [5.41, 5.74) is 0. The van der Waals surface area contributed by atoms with E-state index < -0.39 is 0 Å². The maximum Gasteiger partial charge on any atom is 0.171 e. The monoisotopic (exact) mass is 208 g/mol. The van der Waals surface area contributed by atoms with Crippen molar-refractivity contribution in [2.24, 2.45) is 0 Å². The minimum atomic E-state index is 0.0968. The van der Waals surface area contributed by atoms with Gasteiger partial charge in [0.1, 0.15) is 0 Å². The summed E-state index contributed by atoms with van der Waals surface area (Å²) in [4.78, 5) is 6.16. The zero-order valence-corrected chi connectivity index (χ0v) is 8.63. The number of anilines is 1. The first kappa shape index (κ1) is 10.2. The highest BCUT2D eigenvalue weighted by molar-refractivity contribution is 5.52. The topological polar surface area (TPSA) is 56.6 Å². The van der Waals surface area contributed by atoms with E-state index in [4.69, 9.17) is 0 Å². The quantitative estimate of drug-likeness (QED) is 0.765. The summed E-state index contributed by atoms with van der Waals surface area (Å²) in [7, 11) is 0. The van der Waals surface area contributed by atoms with Crippen molar-refractivity contribution >= 4 is 5.82 Å². The van der Waals surface area contributed by atoms with Gasteiger partial charge in [-0.15, -0.1) is 0 Å². The van der Waals surface area contributed by atoms with Gasteiger partial charge in [-0.05, 0) is 31.4 Å². The normalized spacial score (nSPS) is 21.7. The SMILES string of the molecule is OC[C@@H]1CCCCN1c1ncccc1O. The molecule has 1 atom stereocenters. The molecule has 0 bridgehead atoms. The van der Waals surface area contributed by atoms with Gasteiger partial charge in [-0.1, -0.05) is 0 Å². The Kier molecular flexibility index (Phi) is 3.06. The van der Waals surface area contributed by atoms with Gasteiger partial charge < -0.3 is 15.1 Å². The van der Waals surface area contributed by atoms with Gasteiger partial charge in [0.25, 0.3) is 0 Å². The van der Waals surface area contributed by atoms with Crippen LogP contribution in [0.3, 0.4) is 0 Å². The number of hydrogen-bond acceptors (Lipinski definition) is 4. The lowest BCUT2D eigenvalue weighted by molar-refractivity contribution is 0.239. The highest BCUT2D eigenvalue weighted by Gasteiger charge is 2.24. The molecule has 4 heteroatoms. The first-order valence-corrected chi connectivity index (χ1v) is 5.34. The van der Waals surface area contributed by atoms with Crippen molar-refractivity contribution in [2.75, 3.05) is 18.1 Å². The number of nitrogens with zero attached hydrogens (tertiary/aromatic N) is 2. The van der Waals surface area contributed by atoms with Crippen LogP contribution in [-0.4, -0.2) is 34.4 Å². The number of pyridine rings is 1. The molecule has 1 aromatic rings. The number of aromatic hydroxyl groups is 1. The minimum absolute atomic E-state index is 0.0968. The van der Waals surface area contributed by atoms with Crippen LogP contribution in [0.15, 0.2) is 18.3 Å². The lowest BCUT2D eigenvalue weighted by Crippen LogP contribution is -2.42. The lowest BCUT2D eigenvalue weighted by Gasteiger charge is -2.35. The maximum absolute atomic E-state index is 9.69. The van der Waals surface area contributed by atoms with Gasteiger partial charge >= 0.3 is 0 Å². The number of aromatic nitrogens is 1. The molecular weight excluding hydrogens is 192 g/mol. The first-order chi connectivity index (χ1) is 7.33. The molecule has 1 fully saturated rings. The molecule has 0 spiro atoms. The van der Waals surface area contributed by atoms with Crippen molar-refractivity contribution in [3.8, 4) is 5.75 Å². The lowest BCUT2D eigenvalue weighted by atomic mass is 10.0. The van der Waals surface area contributed by atoms with Crippen molar-refractivity contribution < 1.29 is 10.2 Å². The van der Waals surface area contributed by atoms with Crippen LogP contribution >= 0.6 is 0 Å². The maximum atomic E-state index is 9.69. The van der Waals surface area contributed by atoms with Gasteiger partial charge in [0.2, 0.25) is 0 Å². The number of aliphatic hydroxyl groups is 1. The summed E-state index contributed by atoms with van der Waals surface area (Å²) in [6.45, 7) is 0.978. The molecule has 1 aliphatic heterocycles. The predicted molar refractivity (Wildman–Crippen MR) is 58.0 cm³/mol. The van der Waals surface area contributed by atoms with Crippen LogP contribution in [0, 0.1) is 0 Å². The average molecular weight is 208 g/mol. The van der Waals surface area contributed by atoms with Crippen LogP contribution in [0.25, 0.3) is 0 Å². The Labute approximate surface area is 89.2 Å². The van der Waals surface area contributed by atoms with Crippen LogP contribution in [-0.2, 0) is 0 Å². The van der Waals surface area contributed by atoms with E-state index in [2.05, 4.69) is 4.98 Å². The molecule has 0 radical (unpaired) electrons. The largest absolute Gasteiger partial charge is 0.504 e. The Hall–Kier alpha value is -1.29. The van der Waals surface area contributed by atoms with E-state index >= 15 is 0 Å². The van der Waals surface area contributed by atoms with Crippen LogP contribution in [0.5, 0.6) is 5.75 Å². The molecule has 2 N–H and O–H groups in total. The number of piperidine rings is 1. The fourth-order valence-corrected chi connectivity index (χ4v) is 2.08. The van der Waals surface area contributed by atoms with E-state index in [1.807, 2.05) is 4.90 Å². The zero-order chi connectivity index (χ0) is 10.7. The van der Waals surface area contributed by atoms with Gasteiger partial charge in [-0.3, -0.25) is 0 Å². The van der Waals surface area contributed by atoms with Crippen LogP contribution in [0.2, 0.25) is 0 Å². The van der Waals surface area contributed by atoms with Crippen LogP contribution in [0.4, 0.5) is 5.82 Å². The minimum Gasteiger partial charge on any atom is -0.504 e. The van der Waals surface area contributed by atoms with E-state index in [0.29, 0.717) is 5.82 Å². The molecule has 1 aromatic heterocycles. The summed E-state index contributed by atoms with van der Waals surface area (Å²) in [5.74, 6) is 0.786. The molecule has 0 saturated carbocycles. The Bertz CT molecular complexity index is 330. The van der Waals surface area contributed by atoms with Gasteiger partial charge in [0.05, 0.1) is 12.6 Å². The second-order valence-corrected chi connectivity index (χ2v) is 3.87. The summed E-state index contributed by atoms with van der Waals surface area (Å²) in [6.07, 6.45) is 4.85. The van der Waals surface area contributed by atoms with E-state index in [1.165, 1.54) is 0 Å². The van der Waals surface area contributed by atoms with Crippen molar-refractivity contribution in [1.29, 1.82) is 0 Å². The number of aliphatic hydroxyl groups excluding tert-OH is 1. The fraction of sp³-hybridized carbons (Fsp3) is 0.545. The number of hydrogen-bond donors (Lipinski definition) is 2. The molecule has 1 aliphatic rings. The van der Waals surface area contributed by atoms with Crippen LogP contribution in [0.1, 0.15) is 19.3 Å². The molecule has 15 heavy (non-hydrogen) atoms. The highest BCUT2D eigenvalue weighted by Crippen LogP contribution is 2.29. The Balaban J connectivity index is 2.24. The van der Waals surface area contributed by atoms with Gasteiger partial charge in [0.15, 0.2) is 11.6 Å². The Morgan fingerprint density at radius 1 is 1.47 bits per heavy atom. The molecule has 0 aliphatic carbocycles. The van der Waals surface area contributed by atoms with Gasteiger partial charge in [-0.2, -0.15) is 0 Å². The average Bonchev–Trinajstić information content (AvgIpc) is 2.30. The van der Waals surface area contributed by atoms with E-state index in [0.717, 1.165) is 25.8 Å². The van der Waals surface area contributed by atoms with Gasteiger partial charge in [-0.25, -0.2) is 4.98 Å². The van der Waals surface area contributed by atoms with Crippen molar-refractivity contribution in [3.05, 3.63) is 18.3 Å². The van der Waals surface area contributed by atoms with Gasteiger partial charge in [0, 0.05) is 12.7 Å². The van der Waals surface area contributed by atoms with Crippen molar-refractivity contribution in [1.82, 2.24) is 4.98 Å². The molecular formula is C11H16N2O2.